The van der Waals surface area contributed by atoms with Gasteiger partial charge in [-0.2, -0.15) is 0 Å². The summed E-state index contributed by atoms with van der Waals surface area (Å²) in [6.07, 6.45) is 3.69. The van der Waals surface area contributed by atoms with Gasteiger partial charge in [-0.1, -0.05) is 0 Å². The molecule has 2 rings (SSSR count). The Hall–Kier alpha value is -2.28. The largest absolute Gasteiger partial charge is 0.345 e. The van der Waals surface area contributed by atoms with Crippen LogP contribution in [-0.4, -0.2) is 27.0 Å². The highest BCUT2D eigenvalue weighted by molar-refractivity contribution is 5.92. The molecule has 0 unspecified atom stereocenters. The lowest BCUT2D eigenvalue weighted by molar-refractivity contribution is 0.0945. The first-order valence-corrected chi connectivity index (χ1v) is 6.21. The van der Waals surface area contributed by atoms with Gasteiger partial charge in [0.25, 0.3) is 5.91 Å². The highest BCUT2D eigenvalue weighted by Gasteiger charge is 2.13. The highest BCUT2D eigenvalue weighted by Crippen LogP contribution is 2.04. The minimum absolute atomic E-state index is 0.0221. The summed E-state index contributed by atoms with van der Waals surface area (Å²) in [5.74, 6) is -0.0757. The molecule has 0 aliphatic rings. The van der Waals surface area contributed by atoms with Crippen LogP contribution in [0.5, 0.6) is 0 Å². The summed E-state index contributed by atoms with van der Waals surface area (Å²) in [6, 6.07) is 2.80. The number of nitrogens with one attached hydrogen (secondary N) is 1. The van der Waals surface area contributed by atoms with E-state index >= 15 is 0 Å². The summed E-state index contributed by atoms with van der Waals surface area (Å²) in [4.78, 5) is 20.0. The van der Waals surface area contributed by atoms with Gasteiger partial charge < -0.3 is 15.6 Å². The number of carbonyl (C=O) groups is 1. The fraction of sp³-hybridized carbons (Fsp3) is 0.308. The Morgan fingerprint density at radius 2 is 2.35 bits per heavy atom. The third-order valence-electron chi connectivity index (χ3n) is 2.82. The second kappa shape index (κ2) is 6.25. The van der Waals surface area contributed by atoms with E-state index in [0.717, 1.165) is 5.82 Å². The fourth-order valence-corrected chi connectivity index (χ4v) is 1.78. The number of nitrogens with zero attached hydrogens (tertiary/aromatic N) is 3. The van der Waals surface area contributed by atoms with Crippen molar-refractivity contribution in [3.8, 4) is 0 Å². The second-order valence-electron chi connectivity index (χ2n) is 4.31. The molecule has 3 N–H and O–H groups in total. The van der Waals surface area contributed by atoms with E-state index in [1.165, 1.54) is 18.3 Å². The predicted octanol–water partition coefficient (Wildman–Crippen LogP) is 0.385. The standard InChI is InChI=1S/C13H16FN5O/c1-19-8-11(18-12(19)4-5-15)13(20)17-7-10-9(14)3-2-6-16-10/h2-3,6,8H,4-5,7,15H2,1H3,(H,17,20). The van der Waals surface area contributed by atoms with Crippen LogP contribution in [0.1, 0.15) is 22.0 Å². The first kappa shape index (κ1) is 14.1. The van der Waals surface area contributed by atoms with Crippen molar-refractivity contribution >= 4 is 5.91 Å². The Labute approximate surface area is 115 Å². The van der Waals surface area contributed by atoms with Crippen LogP contribution >= 0.6 is 0 Å². The van der Waals surface area contributed by atoms with Gasteiger partial charge in [0.05, 0.1) is 12.2 Å². The molecule has 7 heteroatoms. The average Bonchev–Trinajstić information content (AvgIpc) is 2.80. The number of halogens is 1. The molecular weight excluding hydrogens is 261 g/mol. The molecule has 1 amide bonds. The zero-order chi connectivity index (χ0) is 14.5. The lowest BCUT2D eigenvalue weighted by Crippen LogP contribution is -2.24. The molecule has 2 aromatic heterocycles. The Morgan fingerprint density at radius 3 is 3.05 bits per heavy atom. The number of rotatable bonds is 5. The van der Waals surface area contributed by atoms with Crippen molar-refractivity contribution in [1.29, 1.82) is 0 Å². The molecule has 2 heterocycles. The van der Waals surface area contributed by atoms with Crippen LogP contribution in [0.4, 0.5) is 4.39 Å². The summed E-state index contributed by atoms with van der Waals surface area (Å²) in [5.41, 5.74) is 5.94. The maximum atomic E-state index is 13.4. The maximum absolute atomic E-state index is 13.4. The Bertz CT molecular complexity index is 611. The van der Waals surface area contributed by atoms with E-state index in [0.29, 0.717) is 13.0 Å². The van der Waals surface area contributed by atoms with Gasteiger partial charge in [-0.05, 0) is 18.7 Å². The van der Waals surface area contributed by atoms with E-state index in [9.17, 15) is 9.18 Å². The van der Waals surface area contributed by atoms with E-state index in [-0.39, 0.29) is 23.8 Å². The van der Waals surface area contributed by atoms with Gasteiger partial charge in [-0.25, -0.2) is 9.37 Å². The van der Waals surface area contributed by atoms with E-state index in [1.807, 2.05) is 0 Å². The molecule has 2 aromatic rings. The van der Waals surface area contributed by atoms with Crippen LogP contribution < -0.4 is 11.1 Å². The van der Waals surface area contributed by atoms with Crippen LogP contribution in [0.2, 0.25) is 0 Å². The lowest BCUT2D eigenvalue weighted by atomic mass is 10.3. The normalized spacial score (nSPS) is 10.6. The van der Waals surface area contributed by atoms with Gasteiger partial charge in [0.2, 0.25) is 0 Å². The molecule has 0 aromatic carbocycles. The highest BCUT2D eigenvalue weighted by atomic mass is 19.1. The van der Waals surface area contributed by atoms with Crippen molar-refractivity contribution < 1.29 is 9.18 Å². The van der Waals surface area contributed by atoms with Crippen molar-refractivity contribution in [2.45, 2.75) is 13.0 Å². The summed E-state index contributed by atoms with van der Waals surface area (Å²) in [7, 11) is 1.80. The van der Waals surface area contributed by atoms with Crippen molar-refractivity contribution in [2.24, 2.45) is 12.8 Å². The summed E-state index contributed by atoms with van der Waals surface area (Å²) in [6.45, 7) is 0.485. The molecule has 0 aliphatic heterocycles. The van der Waals surface area contributed by atoms with Crippen LogP contribution in [0.25, 0.3) is 0 Å². The van der Waals surface area contributed by atoms with Crippen molar-refractivity contribution in [2.75, 3.05) is 6.54 Å². The molecule has 6 nitrogen and oxygen atoms in total. The smallest absolute Gasteiger partial charge is 0.271 e. The molecule has 20 heavy (non-hydrogen) atoms. The van der Waals surface area contributed by atoms with Crippen molar-refractivity contribution in [3.63, 3.8) is 0 Å². The summed E-state index contributed by atoms with van der Waals surface area (Å²) in [5, 5.41) is 2.59. The molecule has 0 spiro atoms. The van der Waals surface area contributed by atoms with Gasteiger partial charge in [-0.3, -0.25) is 9.78 Å². The minimum Gasteiger partial charge on any atom is -0.345 e. The number of aryl methyl sites for hydroxylation is 1. The molecule has 106 valence electrons. The molecule has 0 saturated heterocycles. The Kier molecular flexibility index (Phi) is 4.41. The van der Waals surface area contributed by atoms with Gasteiger partial charge >= 0.3 is 0 Å². The van der Waals surface area contributed by atoms with Gasteiger partial charge in [0, 0.05) is 25.9 Å². The number of hydrogen-bond donors (Lipinski definition) is 2. The minimum atomic E-state index is -0.447. The zero-order valence-electron chi connectivity index (χ0n) is 11.1. The van der Waals surface area contributed by atoms with Gasteiger partial charge in [-0.15, -0.1) is 0 Å². The van der Waals surface area contributed by atoms with Crippen LogP contribution in [0, 0.1) is 5.82 Å². The SMILES string of the molecule is Cn1cc(C(=O)NCc2ncccc2F)nc1CCN. The van der Waals surface area contributed by atoms with E-state index in [2.05, 4.69) is 15.3 Å². The number of hydrogen-bond acceptors (Lipinski definition) is 4. The topological polar surface area (TPSA) is 85.8 Å². The van der Waals surface area contributed by atoms with Crippen LogP contribution in [0.15, 0.2) is 24.5 Å². The summed E-state index contributed by atoms with van der Waals surface area (Å²) < 4.78 is 15.1. The summed E-state index contributed by atoms with van der Waals surface area (Å²) >= 11 is 0. The first-order valence-electron chi connectivity index (χ1n) is 6.21. The quantitative estimate of drug-likeness (QED) is 0.827. The average molecular weight is 277 g/mol. The zero-order valence-corrected chi connectivity index (χ0v) is 11.1. The lowest BCUT2D eigenvalue weighted by Gasteiger charge is -2.03. The number of imidazole rings is 1. The van der Waals surface area contributed by atoms with Gasteiger partial charge in [0.15, 0.2) is 0 Å². The number of pyridine rings is 1. The van der Waals surface area contributed by atoms with Gasteiger partial charge in [0.1, 0.15) is 17.3 Å². The predicted molar refractivity (Wildman–Crippen MR) is 71.3 cm³/mol. The molecule has 0 bridgehead atoms. The molecule has 0 saturated carbocycles. The van der Waals surface area contributed by atoms with Crippen molar-refractivity contribution in [3.05, 3.63) is 47.6 Å². The number of carbonyl (C=O) groups excluding carboxylic acids is 1. The number of aromatic nitrogens is 3. The third-order valence-corrected chi connectivity index (χ3v) is 2.82. The molecule has 0 radical (unpaired) electrons. The Morgan fingerprint density at radius 1 is 1.55 bits per heavy atom. The number of nitrogens with two attached hydrogens (primary N) is 1. The van der Waals surface area contributed by atoms with E-state index < -0.39 is 5.82 Å². The van der Waals surface area contributed by atoms with E-state index in [4.69, 9.17) is 5.73 Å². The maximum Gasteiger partial charge on any atom is 0.271 e. The molecule has 0 aliphatic carbocycles. The third kappa shape index (κ3) is 3.18. The second-order valence-corrected chi connectivity index (χ2v) is 4.31. The number of amides is 1. The first-order chi connectivity index (χ1) is 9.61. The molecule has 0 atom stereocenters. The Balaban J connectivity index is 2.02. The van der Waals surface area contributed by atoms with Crippen LogP contribution in [0.3, 0.4) is 0 Å². The molecule has 0 fully saturated rings. The van der Waals surface area contributed by atoms with Crippen LogP contribution in [-0.2, 0) is 20.0 Å². The van der Waals surface area contributed by atoms with E-state index in [1.54, 1.807) is 17.8 Å². The monoisotopic (exact) mass is 277 g/mol. The van der Waals surface area contributed by atoms with Crippen molar-refractivity contribution in [1.82, 2.24) is 19.9 Å². The fourth-order valence-electron chi connectivity index (χ4n) is 1.78. The molecular formula is C13H16FN5O.